The SMILES string of the molecule is CC/C=C\C/C=C\C/C=C\C/C=C\C/C=C\C/C=C\C/C=C\C/C=C\C/C=C\CCCCCCCCCC(=O)OC(CO)COC(=O)CCCCCCCCCC/C=C\C/C=C\C/C=C\CCCCCCC. The fourth-order valence-corrected chi connectivity index (χ4v) is 7.73. The Bertz CT molecular complexity index is 1540. The van der Waals surface area contributed by atoms with Crippen LogP contribution in [0.15, 0.2) is 146 Å². The summed E-state index contributed by atoms with van der Waals surface area (Å²) in [6.45, 7) is 4.00. The third kappa shape index (κ3) is 58.4. The standard InChI is InChI=1S/C67H108O5/c1-3-5-7-9-11-13-15-17-19-21-23-25-27-28-29-30-31-32-33-34-35-36-37-38-40-42-44-46-48-50-52-54-56-58-60-62-67(70)72-65(63-68)64-71-66(69)61-59-57-55-53-51-49-47-45-43-41-39-26-24-22-20-18-16-14-12-10-8-6-4-2/h5,7,11,13,16-19,22-25,28-29,31-32,34-35,37-39,41-42,44,65,68H,3-4,6,8-10,12,14-15,20-21,26-27,30,33,36,40,43,45-64H2,1-2H3/b7-5-,13-11-,18-16-,19-17-,24-22-,25-23-,29-28-,32-31-,35-34-,38-37-,41-39-,44-42-. The molecule has 0 radical (unpaired) electrons. The molecule has 0 rings (SSSR count). The summed E-state index contributed by atoms with van der Waals surface area (Å²) >= 11 is 0. The van der Waals surface area contributed by atoms with Crippen LogP contribution >= 0.6 is 0 Å². The van der Waals surface area contributed by atoms with Gasteiger partial charge in [0.2, 0.25) is 0 Å². The van der Waals surface area contributed by atoms with E-state index >= 15 is 0 Å². The summed E-state index contributed by atoms with van der Waals surface area (Å²) in [5.41, 5.74) is 0. The molecular weight excluding hydrogens is 885 g/mol. The Morgan fingerprint density at radius 3 is 0.903 bits per heavy atom. The molecule has 0 heterocycles. The molecule has 0 saturated carbocycles. The Morgan fingerprint density at radius 1 is 0.333 bits per heavy atom. The summed E-state index contributed by atoms with van der Waals surface area (Å²) in [5.74, 6) is -0.619. The maximum absolute atomic E-state index is 12.3. The third-order valence-electron chi connectivity index (χ3n) is 12.1. The molecule has 0 spiro atoms. The third-order valence-corrected chi connectivity index (χ3v) is 12.1. The van der Waals surface area contributed by atoms with E-state index in [2.05, 4.69) is 160 Å². The Morgan fingerprint density at radius 2 is 0.597 bits per heavy atom. The van der Waals surface area contributed by atoms with Crippen molar-refractivity contribution in [3.8, 4) is 0 Å². The van der Waals surface area contributed by atoms with Crippen LogP contribution in [0.25, 0.3) is 0 Å². The Labute approximate surface area is 444 Å². The van der Waals surface area contributed by atoms with Gasteiger partial charge in [-0.25, -0.2) is 0 Å². The topological polar surface area (TPSA) is 72.8 Å². The molecule has 1 unspecified atom stereocenters. The van der Waals surface area contributed by atoms with E-state index in [1.807, 2.05) is 0 Å². The summed E-state index contributed by atoms with van der Waals surface area (Å²) in [4.78, 5) is 24.5. The molecule has 0 aliphatic rings. The van der Waals surface area contributed by atoms with Gasteiger partial charge in [0, 0.05) is 12.8 Å². The lowest BCUT2D eigenvalue weighted by Crippen LogP contribution is -2.28. The zero-order valence-electron chi connectivity index (χ0n) is 46.4. The minimum atomic E-state index is -0.793. The van der Waals surface area contributed by atoms with Crippen molar-refractivity contribution in [2.45, 2.75) is 251 Å². The maximum atomic E-state index is 12.3. The van der Waals surface area contributed by atoms with Crippen LogP contribution in [0, 0.1) is 0 Å². The number of rotatable bonds is 52. The molecule has 0 aliphatic carbocycles. The van der Waals surface area contributed by atoms with Crippen LogP contribution in [0.1, 0.15) is 245 Å². The van der Waals surface area contributed by atoms with Gasteiger partial charge in [0.1, 0.15) is 6.61 Å². The molecule has 0 amide bonds. The summed E-state index contributed by atoms with van der Waals surface area (Å²) in [6, 6.07) is 0. The Kier molecular flexibility index (Phi) is 57.5. The first kappa shape index (κ1) is 67.8. The average molecular weight is 994 g/mol. The average Bonchev–Trinajstić information content (AvgIpc) is 3.38. The summed E-state index contributed by atoms with van der Waals surface area (Å²) in [7, 11) is 0. The van der Waals surface area contributed by atoms with E-state index in [1.54, 1.807) is 0 Å². The van der Waals surface area contributed by atoms with Crippen LogP contribution in [0.5, 0.6) is 0 Å². The number of unbranched alkanes of at least 4 members (excludes halogenated alkanes) is 20. The van der Waals surface area contributed by atoms with Crippen LogP contribution in [0.2, 0.25) is 0 Å². The predicted molar refractivity (Wildman–Crippen MR) is 315 cm³/mol. The van der Waals surface area contributed by atoms with Gasteiger partial charge in [-0.15, -0.1) is 0 Å². The zero-order chi connectivity index (χ0) is 52.0. The van der Waals surface area contributed by atoms with Crippen LogP contribution in [-0.4, -0.2) is 36.4 Å². The lowest BCUT2D eigenvalue weighted by Gasteiger charge is -2.15. The predicted octanol–water partition coefficient (Wildman–Crippen LogP) is 20.2. The van der Waals surface area contributed by atoms with Crippen molar-refractivity contribution < 1.29 is 24.2 Å². The number of ether oxygens (including phenoxy) is 2. The van der Waals surface area contributed by atoms with E-state index in [9.17, 15) is 14.7 Å². The molecule has 0 fully saturated rings. The highest BCUT2D eigenvalue weighted by Crippen LogP contribution is 2.14. The molecule has 5 heteroatoms. The quantitative estimate of drug-likeness (QED) is 0.0373. The summed E-state index contributed by atoms with van der Waals surface area (Å²) in [5, 5.41) is 9.66. The van der Waals surface area contributed by atoms with E-state index in [1.165, 1.54) is 96.3 Å². The van der Waals surface area contributed by atoms with Gasteiger partial charge < -0.3 is 14.6 Å². The van der Waals surface area contributed by atoms with Gasteiger partial charge in [-0.1, -0.05) is 256 Å². The van der Waals surface area contributed by atoms with Gasteiger partial charge in [0.15, 0.2) is 6.10 Å². The Hall–Kier alpha value is -4.22. The highest BCUT2D eigenvalue weighted by Gasteiger charge is 2.16. The molecule has 0 saturated heterocycles. The minimum Gasteiger partial charge on any atom is -0.462 e. The van der Waals surface area contributed by atoms with E-state index in [0.717, 1.165) is 122 Å². The van der Waals surface area contributed by atoms with Crippen molar-refractivity contribution in [1.82, 2.24) is 0 Å². The molecule has 1 N–H and O–H groups in total. The zero-order valence-corrected chi connectivity index (χ0v) is 46.4. The van der Waals surface area contributed by atoms with Crippen molar-refractivity contribution >= 4 is 11.9 Å². The van der Waals surface area contributed by atoms with E-state index < -0.39 is 6.10 Å². The fourth-order valence-electron chi connectivity index (χ4n) is 7.73. The van der Waals surface area contributed by atoms with Crippen LogP contribution in [-0.2, 0) is 19.1 Å². The maximum Gasteiger partial charge on any atom is 0.306 e. The first-order valence-electron chi connectivity index (χ1n) is 29.4. The monoisotopic (exact) mass is 993 g/mol. The van der Waals surface area contributed by atoms with E-state index in [4.69, 9.17) is 9.47 Å². The van der Waals surface area contributed by atoms with Gasteiger partial charge in [-0.05, 0) is 122 Å². The molecule has 5 nitrogen and oxygen atoms in total. The normalized spacial score (nSPS) is 13.3. The second-order valence-electron chi connectivity index (χ2n) is 19.0. The number of allylic oxidation sites excluding steroid dienone is 24. The van der Waals surface area contributed by atoms with Gasteiger partial charge in [0.25, 0.3) is 0 Å². The molecule has 0 bridgehead atoms. The van der Waals surface area contributed by atoms with Crippen molar-refractivity contribution in [1.29, 1.82) is 0 Å². The highest BCUT2D eigenvalue weighted by atomic mass is 16.6. The highest BCUT2D eigenvalue weighted by molar-refractivity contribution is 5.70. The van der Waals surface area contributed by atoms with Crippen molar-refractivity contribution in [3.63, 3.8) is 0 Å². The molecule has 72 heavy (non-hydrogen) atoms. The van der Waals surface area contributed by atoms with Crippen LogP contribution in [0.4, 0.5) is 0 Å². The van der Waals surface area contributed by atoms with Crippen LogP contribution in [0.3, 0.4) is 0 Å². The number of carbonyl (C=O) groups excluding carboxylic acids is 2. The number of aliphatic hydroxyl groups excluding tert-OH is 1. The first-order chi connectivity index (χ1) is 35.6. The number of esters is 2. The van der Waals surface area contributed by atoms with Crippen molar-refractivity contribution in [2.75, 3.05) is 13.2 Å². The summed E-state index contributed by atoms with van der Waals surface area (Å²) in [6.07, 6.45) is 92.4. The fraction of sp³-hybridized carbons (Fsp3) is 0.612. The van der Waals surface area contributed by atoms with Crippen molar-refractivity contribution in [3.05, 3.63) is 146 Å². The largest absolute Gasteiger partial charge is 0.462 e. The number of hydrogen-bond acceptors (Lipinski definition) is 5. The molecule has 406 valence electrons. The molecule has 0 aliphatic heterocycles. The number of carbonyl (C=O) groups is 2. The first-order valence-corrected chi connectivity index (χ1v) is 29.4. The van der Waals surface area contributed by atoms with Crippen molar-refractivity contribution in [2.24, 2.45) is 0 Å². The lowest BCUT2D eigenvalue weighted by atomic mass is 10.1. The van der Waals surface area contributed by atoms with Gasteiger partial charge >= 0.3 is 11.9 Å². The second-order valence-corrected chi connectivity index (χ2v) is 19.0. The molecule has 0 aromatic heterocycles. The molecule has 1 atom stereocenters. The molecule has 0 aromatic rings. The van der Waals surface area contributed by atoms with Gasteiger partial charge in [0.05, 0.1) is 6.61 Å². The van der Waals surface area contributed by atoms with Crippen LogP contribution < -0.4 is 0 Å². The molecule has 0 aromatic carbocycles. The van der Waals surface area contributed by atoms with Gasteiger partial charge in [-0.2, -0.15) is 0 Å². The van der Waals surface area contributed by atoms with Gasteiger partial charge in [-0.3, -0.25) is 9.59 Å². The molecular formula is C67H108O5. The van der Waals surface area contributed by atoms with E-state index in [-0.39, 0.29) is 25.2 Å². The number of aliphatic hydroxyl groups is 1. The summed E-state index contributed by atoms with van der Waals surface area (Å²) < 4.78 is 10.7. The smallest absolute Gasteiger partial charge is 0.306 e. The Balaban J connectivity index is 3.62. The minimum absolute atomic E-state index is 0.0831. The lowest BCUT2D eigenvalue weighted by molar-refractivity contribution is -0.161. The van der Waals surface area contributed by atoms with E-state index in [0.29, 0.717) is 12.8 Å². The second kappa shape index (κ2) is 61.1. The number of hydrogen-bond donors (Lipinski definition) is 1.